The zero-order valence-electron chi connectivity index (χ0n) is 16.5. The summed E-state index contributed by atoms with van der Waals surface area (Å²) in [6.45, 7) is 0.362. The van der Waals surface area contributed by atoms with Crippen molar-refractivity contribution >= 4 is 33.9 Å². The number of hydrogen-bond acceptors (Lipinski definition) is 5. The number of hydrogen-bond donors (Lipinski definition) is 0. The van der Waals surface area contributed by atoms with E-state index in [0.717, 1.165) is 10.0 Å². The van der Waals surface area contributed by atoms with E-state index in [2.05, 4.69) is 20.9 Å². The van der Waals surface area contributed by atoms with E-state index in [1.165, 1.54) is 19.2 Å². The molecule has 0 bridgehead atoms. The molecule has 0 atom stereocenters. The highest BCUT2D eigenvalue weighted by atomic mass is 79.9. The second kappa shape index (κ2) is 9.14. The van der Waals surface area contributed by atoms with Gasteiger partial charge in [-0.15, -0.1) is 0 Å². The van der Waals surface area contributed by atoms with Crippen LogP contribution in [-0.4, -0.2) is 19.0 Å². The number of nitrogens with zero attached hydrogens (tertiary/aromatic N) is 1. The highest BCUT2D eigenvalue weighted by Gasteiger charge is 2.26. The van der Waals surface area contributed by atoms with E-state index in [1.807, 2.05) is 24.3 Å². The summed E-state index contributed by atoms with van der Waals surface area (Å²) in [5.74, 6) is -0.152. The van der Waals surface area contributed by atoms with Crippen LogP contribution in [0.25, 0.3) is 6.08 Å². The zero-order chi connectivity index (χ0) is 21.8. The van der Waals surface area contributed by atoms with Gasteiger partial charge >= 0.3 is 5.97 Å². The smallest absolute Gasteiger partial charge is 0.363 e. The minimum atomic E-state index is -0.647. The van der Waals surface area contributed by atoms with Crippen LogP contribution in [0, 0.1) is 5.82 Å². The molecule has 3 aromatic carbocycles. The maximum atomic E-state index is 14.0. The first-order valence-corrected chi connectivity index (χ1v) is 10.2. The van der Waals surface area contributed by atoms with Crippen LogP contribution in [0.5, 0.6) is 11.5 Å². The lowest BCUT2D eigenvalue weighted by Crippen LogP contribution is -2.07. The van der Waals surface area contributed by atoms with E-state index >= 15 is 0 Å². The Morgan fingerprint density at radius 2 is 1.84 bits per heavy atom. The molecule has 0 amide bonds. The lowest BCUT2D eigenvalue weighted by molar-refractivity contribution is -0.129. The first-order valence-electron chi connectivity index (χ1n) is 9.37. The van der Waals surface area contributed by atoms with Crippen molar-refractivity contribution in [2.45, 2.75) is 6.61 Å². The van der Waals surface area contributed by atoms with Crippen LogP contribution in [0.1, 0.15) is 16.7 Å². The molecule has 31 heavy (non-hydrogen) atoms. The lowest BCUT2D eigenvalue weighted by Gasteiger charge is -2.12. The van der Waals surface area contributed by atoms with Crippen molar-refractivity contribution in [1.82, 2.24) is 0 Å². The predicted octanol–water partition coefficient (Wildman–Crippen LogP) is 5.52. The Kier molecular flexibility index (Phi) is 6.13. The Balaban J connectivity index is 1.56. The Labute approximate surface area is 186 Å². The summed E-state index contributed by atoms with van der Waals surface area (Å²) in [7, 11) is 1.54. The summed E-state index contributed by atoms with van der Waals surface area (Å²) in [6.07, 6.45) is 1.55. The molecule has 0 spiro atoms. The van der Waals surface area contributed by atoms with Gasteiger partial charge in [0.2, 0.25) is 5.90 Å². The third-order valence-electron chi connectivity index (χ3n) is 4.56. The monoisotopic (exact) mass is 481 g/mol. The van der Waals surface area contributed by atoms with Gasteiger partial charge in [-0.1, -0.05) is 52.3 Å². The fourth-order valence-corrected chi connectivity index (χ4v) is 3.38. The lowest BCUT2D eigenvalue weighted by atomic mass is 10.1. The summed E-state index contributed by atoms with van der Waals surface area (Å²) < 4.78 is 31.4. The number of aliphatic imine (C=N–C) groups is 1. The number of methoxy groups -OCH3 is 1. The second-order valence-electron chi connectivity index (χ2n) is 6.61. The molecule has 0 aliphatic carbocycles. The van der Waals surface area contributed by atoms with Gasteiger partial charge in [-0.3, -0.25) is 0 Å². The Bertz CT molecular complexity index is 1210. The molecule has 0 fully saturated rings. The highest BCUT2D eigenvalue weighted by Crippen LogP contribution is 2.31. The summed E-state index contributed by atoms with van der Waals surface area (Å²) >= 11 is 3.50. The summed E-state index contributed by atoms with van der Waals surface area (Å²) in [6, 6.07) is 19.0. The SMILES string of the molecule is COc1cc(/C=C2\N=C(c3ccccc3F)OC2=O)ccc1OCc1ccccc1Br. The van der Waals surface area contributed by atoms with Crippen LogP contribution in [0.3, 0.4) is 0 Å². The van der Waals surface area contributed by atoms with Crippen LogP contribution in [0.4, 0.5) is 4.39 Å². The van der Waals surface area contributed by atoms with Gasteiger partial charge in [0.1, 0.15) is 12.4 Å². The largest absolute Gasteiger partial charge is 0.493 e. The number of ether oxygens (including phenoxy) is 3. The molecular weight excluding hydrogens is 465 g/mol. The molecule has 0 aromatic heterocycles. The van der Waals surface area contributed by atoms with Gasteiger partial charge in [-0.2, -0.15) is 0 Å². The summed E-state index contributed by atoms with van der Waals surface area (Å²) in [4.78, 5) is 16.3. The van der Waals surface area contributed by atoms with Crippen LogP contribution in [0.15, 0.2) is 81.9 Å². The molecule has 1 aliphatic rings. The van der Waals surface area contributed by atoms with E-state index < -0.39 is 11.8 Å². The quantitative estimate of drug-likeness (QED) is 0.343. The van der Waals surface area contributed by atoms with Gasteiger partial charge in [-0.05, 0) is 42.0 Å². The molecule has 0 N–H and O–H groups in total. The number of benzene rings is 3. The van der Waals surface area contributed by atoms with E-state index in [1.54, 1.807) is 36.4 Å². The van der Waals surface area contributed by atoms with E-state index in [0.29, 0.717) is 23.7 Å². The zero-order valence-corrected chi connectivity index (χ0v) is 18.1. The molecule has 1 heterocycles. The van der Waals surface area contributed by atoms with Gasteiger partial charge in [0.25, 0.3) is 0 Å². The number of cyclic esters (lactones) is 1. The van der Waals surface area contributed by atoms with Crippen LogP contribution in [-0.2, 0) is 16.1 Å². The molecule has 0 saturated carbocycles. The van der Waals surface area contributed by atoms with Crippen molar-refractivity contribution in [3.63, 3.8) is 0 Å². The Morgan fingerprint density at radius 3 is 2.61 bits per heavy atom. The first kappa shape index (κ1) is 20.8. The fourth-order valence-electron chi connectivity index (χ4n) is 2.98. The minimum Gasteiger partial charge on any atom is -0.493 e. The van der Waals surface area contributed by atoms with Gasteiger partial charge < -0.3 is 14.2 Å². The van der Waals surface area contributed by atoms with Crippen molar-refractivity contribution in [2.24, 2.45) is 4.99 Å². The molecule has 156 valence electrons. The van der Waals surface area contributed by atoms with Gasteiger partial charge in [0.15, 0.2) is 17.2 Å². The molecule has 5 nitrogen and oxygen atoms in total. The number of carbonyl (C=O) groups excluding carboxylic acids is 1. The van der Waals surface area contributed by atoms with E-state index in [9.17, 15) is 9.18 Å². The number of rotatable bonds is 6. The van der Waals surface area contributed by atoms with Crippen molar-refractivity contribution < 1.29 is 23.4 Å². The summed E-state index contributed by atoms with van der Waals surface area (Å²) in [5, 5.41) is 0. The number of halogens is 2. The topological polar surface area (TPSA) is 57.1 Å². The third kappa shape index (κ3) is 4.67. The normalized spacial score (nSPS) is 14.4. The molecule has 4 rings (SSSR count). The fraction of sp³-hybridized carbons (Fsp3) is 0.0833. The van der Waals surface area contributed by atoms with Crippen LogP contribution >= 0.6 is 15.9 Å². The molecule has 0 saturated heterocycles. The van der Waals surface area contributed by atoms with E-state index in [4.69, 9.17) is 14.2 Å². The summed E-state index contributed by atoms with van der Waals surface area (Å²) in [5.41, 5.74) is 1.87. The minimum absolute atomic E-state index is 0.0605. The van der Waals surface area contributed by atoms with Gasteiger partial charge in [-0.25, -0.2) is 14.2 Å². The molecule has 0 radical (unpaired) electrons. The Morgan fingerprint density at radius 1 is 1.06 bits per heavy atom. The van der Waals surface area contributed by atoms with Crippen molar-refractivity contribution in [3.8, 4) is 11.5 Å². The van der Waals surface area contributed by atoms with Gasteiger partial charge in [0, 0.05) is 10.0 Å². The number of carbonyl (C=O) groups is 1. The average molecular weight is 482 g/mol. The second-order valence-corrected chi connectivity index (χ2v) is 7.46. The van der Waals surface area contributed by atoms with Crippen molar-refractivity contribution in [2.75, 3.05) is 7.11 Å². The third-order valence-corrected chi connectivity index (χ3v) is 5.33. The van der Waals surface area contributed by atoms with Gasteiger partial charge in [0.05, 0.1) is 12.7 Å². The maximum absolute atomic E-state index is 14.0. The standard InChI is InChI=1S/C24H17BrFNO4/c1-29-22-13-15(10-11-21(22)30-14-16-6-2-4-8-18(16)25)12-20-24(28)31-23(27-20)17-7-3-5-9-19(17)26/h2-13H,14H2,1H3/b20-12-. The molecular formula is C24H17BrFNO4. The van der Waals surface area contributed by atoms with Crippen molar-refractivity contribution in [1.29, 1.82) is 0 Å². The predicted molar refractivity (Wildman–Crippen MR) is 118 cm³/mol. The molecule has 7 heteroatoms. The first-order chi connectivity index (χ1) is 15.0. The van der Waals surface area contributed by atoms with Crippen LogP contribution < -0.4 is 9.47 Å². The number of esters is 1. The van der Waals surface area contributed by atoms with Crippen molar-refractivity contribution in [3.05, 3.63) is 99.4 Å². The van der Waals surface area contributed by atoms with E-state index in [-0.39, 0.29) is 17.2 Å². The van der Waals surface area contributed by atoms with Crippen LogP contribution in [0.2, 0.25) is 0 Å². The maximum Gasteiger partial charge on any atom is 0.363 e. The molecule has 0 unspecified atom stereocenters. The molecule has 1 aliphatic heterocycles. The molecule has 3 aromatic rings. The average Bonchev–Trinajstić information content (AvgIpc) is 3.13. The highest BCUT2D eigenvalue weighted by molar-refractivity contribution is 9.10. The Hall–Kier alpha value is -3.45.